The minimum absolute atomic E-state index is 0.00633. The van der Waals surface area contributed by atoms with Crippen LogP contribution in [-0.4, -0.2) is 58.1 Å². The van der Waals surface area contributed by atoms with Gasteiger partial charge in [-0.3, -0.25) is 9.69 Å². The van der Waals surface area contributed by atoms with Crippen molar-refractivity contribution in [1.29, 1.82) is 0 Å². The number of benzene rings is 2. The minimum Gasteiger partial charge on any atom is -0.341 e. The van der Waals surface area contributed by atoms with E-state index in [4.69, 9.17) is 0 Å². The molecule has 1 atom stereocenters. The lowest BCUT2D eigenvalue weighted by atomic mass is 10.0. The molecule has 2 saturated heterocycles. The monoisotopic (exact) mass is 540 g/mol. The van der Waals surface area contributed by atoms with Crippen molar-refractivity contribution in [3.05, 3.63) is 71.9 Å². The van der Waals surface area contributed by atoms with E-state index >= 15 is 4.39 Å². The number of anilines is 4. The van der Waals surface area contributed by atoms with Crippen LogP contribution in [0.4, 0.5) is 27.8 Å². The predicted octanol–water partition coefficient (Wildman–Crippen LogP) is 5.00. The first-order valence-corrected chi connectivity index (χ1v) is 14.0. The van der Waals surface area contributed by atoms with Crippen molar-refractivity contribution in [2.45, 2.75) is 45.1 Å². The molecule has 2 aromatic carbocycles. The summed E-state index contributed by atoms with van der Waals surface area (Å²) in [5.41, 5.74) is 1.46. The number of carbonyl (C=O) groups excluding carboxylic acids is 1. The zero-order chi connectivity index (χ0) is 27.5. The Kier molecular flexibility index (Phi) is 7.50. The summed E-state index contributed by atoms with van der Waals surface area (Å²) in [5, 5.41) is 8.35. The van der Waals surface area contributed by atoms with Gasteiger partial charge in [-0.15, -0.1) is 0 Å². The van der Waals surface area contributed by atoms with E-state index in [0.717, 1.165) is 61.7 Å². The van der Waals surface area contributed by atoms with Crippen LogP contribution in [0.1, 0.15) is 48.0 Å². The molecule has 6 rings (SSSR count). The number of hydrogen-bond acceptors (Lipinski definition) is 8. The van der Waals surface area contributed by atoms with Gasteiger partial charge in [-0.2, -0.15) is 4.98 Å². The number of nitrogens with zero attached hydrogens (tertiary/aromatic N) is 6. The third-order valence-corrected chi connectivity index (χ3v) is 7.72. The van der Waals surface area contributed by atoms with Gasteiger partial charge in [0.05, 0.1) is 11.6 Å². The van der Waals surface area contributed by atoms with Crippen LogP contribution in [0, 0.1) is 12.7 Å². The lowest BCUT2D eigenvalue weighted by molar-refractivity contribution is 0.0968. The van der Waals surface area contributed by atoms with Gasteiger partial charge in [0.2, 0.25) is 11.9 Å². The topological polar surface area (TPSA) is 99.2 Å². The van der Waals surface area contributed by atoms with Gasteiger partial charge < -0.3 is 15.5 Å². The van der Waals surface area contributed by atoms with Crippen molar-refractivity contribution in [1.82, 2.24) is 25.3 Å². The highest BCUT2D eigenvalue weighted by Crippen LogP contribution is 2.32. The molecule has 2 fully saturated rings. The maximum atomic E-state index is 15.6. The second kappa shape index (κ2) is 11.5. The quantitative estimate of drug-likeness (QED) is 0.353. The second-order valence-corrected chi connectivity index (χ2v) is 10.5. The zero-order valence-electron chi connectivity index (χ0n) is 22.6. The van der Waals surface area contributed by atoms with Crippen molar-refractivity contribution in [3.8, 4) is 0 Å². The number of nitrogens with one attached hydrogen (secondary N) is 2. The molecule has 2 aliphatic rings. The van der Waals surface area contributed by atoms with E-state index in [9.17, 15) is 4.79 Å². The van der Waals surface area contributed by atoms with Gasteiger partial charge in [-0.05, 0) is 80.8 Å². The number of hydrogen-bond donors (Lipinski definition) is 2. The van der Waals surface area contributed by atoms with E-state index in [-0.39, 0.29) is 11.6 Å². The van der Waals surface area contributed by atoms with Crippen molar-refractivity contribution in [2.24, 2.45) is 0 Å². The van der Waals surface area contributed by atoms with Crippen molar-refractivity contribution in [3.63, 3.8) is 0 Å². The van der Waals surface area contributed by atoms with Gasteiger partial charge >= 0.3 is 0 Å². The molecule has 2 N–H and O–H groups in total. The Bertz CT molecular complexity index is 1510. The van der Waals surface area contributed by atoms with Gasteiger partial charge in [-0.25, -0.2) is 19.3 Å². The van der Waals surface area contributed by atoms with Gasteiger partial charge in [0.15, 0.2) is 0 Å². The number of aryl methyl sites for hydroxylation is 1. The molecule has 0 unspecified atom stereocenters. The summed E-state index contributed by atoms with van der Waals surface area (Å²) in [4.78, 5) is 35.6. The number of pyridine rings is 1. The fourth-order valence-electron chi connectivity index (χ4n) is 5.68. The van der Waals surface area contributed by atoms with E-state index < -0.39 is 11.7 Å². The minimum atomic E-state index is -0.619. The lowest BCUT2D eigenvalue weighted by Gasteiger charge is -2.35. The molecule has 0 aliphatic carbocycles. The summed E-state index contributed by atoms with van der Waals surface area (Å²) in [7, 11) is 0. The SMILES string of the molecule is Cc1cccc2ccnc(N(C(=O)c3ccc(Nc4ncnc(N5CCCCC5)n4)cc3F)[C@@H]3CCCNC3)c12. The van der Waals surface area contributed by atoms with Crippen LogP contribution in [0.15, 0.2) is 55.0 Å². The first-order chi connectivity index (χ1) is 19.6. The van der Waals surface area contributed by atoms with Crippen LogP contribution in [0.2, 0.25) is 0 Å². The van der Waals surface area contributed by atoms with E-state index in [0.29, 0.717) is 29.9 Å². The average Bonchev–Trinajstić information content (AvgIpc) is 2.99. The summed E-state index contributed by atoms with van der Waals surface area (Å²) >= 11 is 0. The smallest absolute Gasteiger partial charge is 0.262 e. The predicted molar refractivity (Wildman–Crippen MR) is 155 cm³/mol. The number of carbonyl (C=O) groups is 1. The Morgan fingerprint density at radius 2 is 1.95 bits per heavy atom. The fraction of sp³-hybridized carbons (Fsp3) is 0.367. The number of piperidine rings is 2. The number of rotatable bonds is 6. The zero-order valence-corrected chi connectivity index (χ0v) is 22.6. The Labute approximate surface area is 232 Å². The van der Waals surface area contributed by atoms with Crippen LogP contribution in [-0.2, 0) is 0 Å². The van der Waals surface area contributed by atoms with Crippen LogP contribution in [0.5, 0.6) is 0 Å². The molecular formula is C30H33FN8O. The summed E-state index contributed by atoms with van der Waals surface area (Å²) < 4.78 is 15.6. The Morgan fingerprint density at radius 1 is 1.07 bits per heavy atom. The molecule has 0 bridgehead atoms. The molecule has 206 valence electrons. The third kappa shape index (κ3) is 5.31. The summed E-state index contributed by atoms with van der Waals surface area (Å²) in [6.45, 7) is 5.34. The molecule has 9 nitrogen and oxygen atoms in total. The molecule has 1 amide bonds. The highest BCUT2D eigenvalue weighted by molar-refractivity contribution is 6.11. The first kappa shape index (κ1) is 26.1. The Balaban J connectivity index is 1.30. The number of fused-ring (bicyclic) bond motifs is 1. The molecule has 2 aliphatic heterocycles. The maximum absolute atomic E-state index is 15.6. The van der Waals surface area contributed by atoms with Crippen molar-refractivity contribution in [2.75, 3.05) is 41.3 Å². The van der Waals surface area contributed by atoms with E-state index in [2.05, 4.69) is 35.5 Å². The molecule has 0 saturated carbocycles. The first-order valence-electron chi connectivity index (χ1n) is 14.0. The van der Waals surface area contributed by atoms with E-state index in [1.807, 2.05) is 31.2 Å². The second-order valence-electron chi connectivity index (χ2n) is 10.5. The van der Waals surface area contributed by atoms with Crippen molar-refractivity contribution < 1.29 is 9.18 Å². The van der Waals surface area contributed by atoms with Gasteiger partial charge in [0.25, 0.3) is 5.91 Å². The molecule has 0 spiro atoms. The standard InChI is InChI=1S/C30H33FN8O/c1-20-7-5-8-21-12-14-33-27(26(20)21)39(23-9-6-13-32-18-23)28(40)24-11-10-22(17-25(24)31)36-29-34-19-35-30(37-29)38-15-3-2-4-16-38/h5,7-8,10-12,14,17,19,23,32H,2-4,6,9,13,15-16,18H2,1H3,(H,34,35,36,37)/t23-/m1/s1. The number of amides is 1. The molecule has 4 heterocycles. The average molecular weight is 541 g/mol. The molecule has 4 aromatic rings. The summed E-state index contributed by atoms with van der Waals surface area (Å²) in [5.74, 6) is 0.476. The van der Waals surface area contributed by atoms with Gasteiger partial charge in [0.1, 0.15) is 18.0 Å². The highest BCUT2D eigenvalue weighted by atomic mass is 19.1. The molecule has 0 radical (unpaired) electrons. The molecular weight excluding hydrogens is 507 g/mol. The van der Waals surface area contributed by atoms with Crippen LogP contribution >= 0.6 is 0 Å². The van der Waals surface area contributed by atoms with Gasteiger partial charge in [-0.1, -0.05) is 18.2 Å². The lowest BCUT2D eigenvalue weighted by Crippen LogP contribution is -2.49. The number of aromatic nitrogens is 4. The molecule has 10 heteroatoms. The molecule has 2 aromatic heterocycles. The Hall–Kier alpha value is -4.18. The number of halogens is 1. The van der Waals surface area contributed by atoms with Crippen LogP contribution < -0.4 is 20.4 Å². The Morgan fingerprint density at radius 3 is 2.75 bits per heavy atom. The third-order valence-electron chi connectivity index (χ3n) is 7.72. The highest BCUT2D eigenvalue weighted by Gasteiger charge is 2.31. The largest absolute Gasteiger partial charge is 0.341 e. The van der Waals surface area contributed by atoms with Crippen LogP contribution in [0.25, 0.3) is 10.8 Å². The van der Waals surface area contributed by atoms with Crippen molar-refractivity contribution >= 4 is 40.1 Å². The van der Waals surface area contributed by atoms with Gasteiger partial charge in [0, 0.05) is 36.9 Å². The normalized spacial score (nSPS) is 17.6. The fourth-order valence-corrected chi connectivity index (χ4v) is 5.68. The summed E-state index contributed by atoms with van der Waals surface area (Å²) in [6.07, 6.45) is 8.33. The van der Waals surface area contributed by atoms with E-state index in [1.54, 1.807) is 17.2 Å². The summed E-state index contributed by atoms with van der Waals surface area (Å²) in [6, 6.07) is 12.3. The van der Waals surface area contributed by atoms with Crippen LogP contribution in [0.3, 0.4) is 0 Å². The molecule has 40 heavy (non-hydrogen) atoms. The maximum Gasteiger partial charge on any atom is 0.262 e. The van der Waals surface area contributed by atoms with E-state index in [1.165, 1.54) is 24.9 Å².